The first-order valence-corrected chi connectivity index (χ1v) is 6.65. The maximum Gasteiger partial charge on any atom is 0.338 e. The molecule has 0 aliphatic rings. The van der Waals surface area contributed by atoms with Crippen LogP contribution in [0, 0.1) is 5.82 Å². The predicted molar refractivity (Wildman–Crippen MR) is 80.6 cm³/mol. The average molecular weight is 302 g/mol. The molecule has 3 N–H and O–H groups in total. The molecule has 6 heteroatoms. The van der Waals surface area contributed by atoms with Gasteiger partial charge in [0.15, 0.2) is 0 Å². The first kappa shape index (κ1) is 15.5. The molecular formula is C16H15FN2O3. The number of primary amides is 1. The Labute approximate surface area is 126 Å². The Kier molecular flexibility index (Phi) is 4.73. The first-order valence-electron chi connectivity index (χ1n) is 6.65. The van der Waals surface area contributed by atoms with Crippen LogP contribution in [-0.2, 0) is 4.74 Å². The van der Waals surface area contributed by atoms with Gasteiger partial charge in [-0.2, -0.15) is 0 Å². The Hall–Kier alpha value is -2.89. The Morgan fingerprint density at radius 3 is 2.55 bits per heavy atom. The van der Waals surface area contributed by atoms with E-state index in [0.717, 1.165) is 6.07 Å². The van der Waals surface area contributed by atoms with Gasteiger partial charge in [0.1, 0.15) is 5.82 Å². The molecule has 0 atom stereocenters. The lowest BCUT2D eigenvalue weighted by atomic mass is 10.1. The molecule has 0 aromatic heterocycles. The number of carbonyl (C=O) groups is 2. The molecule has 0 bridgehead atoms. The predicted octanol–water partition coefficient (Wildman–Crippen LogP) is 2.84. The number of anilines is 2. The molecule has 5 nitrogen and oxygen atoms in total. The van der Waals surface area contributed by atoms with Crippen molar-refractivity contribution >= 4 is 23.3 Å². The van der Waals surface area contributed by atoms with Crippen molar-refractivity contribution in [3.63, 3.8) is 0 Å². The highest BCUT2D eigenvalue weighted by molar-refractivity contribution is 5.99. The highest BCUT2D eigenvalue weighted by atomic mass is 19.1. The number of nitrogens with one attached hydrogen (secondary N) is 1. The third-order valence-electron chi connectivity index (χ3n) is 2.94. The van der Waals surface area contributed by atoms with Gasteiger partial charge < -0.3 is 15.8 Å². The number of ether oxygens (including phenoxy) is 1. The van der Waals surface area contributed by atoms with Gasteiger partial charge in [-0.15, -0.1) is 0 Å². The molecule has 0 unspecified atom stereocenters. The van der Waals surface area contributed by atoms with Crippen molar-refractivity contribution < 1.29 is 18.7 Å². The number of para-hydroxylation sites is 1. The molecular weight excluding hydrogens is 287 g/mol. The molecule has 0 spiro atoms. The molecule has 0 radical (unpaired) electrons. The fourth-order valence-electron chi connectivity index (χ4n) is 1.91. The lowest BCUT2D eigenvalue weighted by Gasteiger charge is -2.11. The van der Waals surface area contributed by atoms with Crippen molar-refractivity contribution in [3.05, 3.63) is 59.4 Å². The molecule has 0 aliphatic heterocycles. The van der Waals surface area contributed by atoms with Gasteiger partial charge in [-0.1, -0.05) is 12.1 Å². The van der Waals surface area contributed by atoms with Crippen molar-refractivity contribution in [1.82, 2.24) is 0 Å². The summed E-state index contributed by atoms with van der Waals surface area (Å²) in [7, 11) is 0. The maximum absolute atomic E-state index is 14.1. The van der Waals surface area contributed by atoms with E-state index < -0.39 is 17.7 Å². The Morgan fingerprint density at radius 1 is 1.18 bits per heavy atom. The van der Waals surface area contributed by atoms with Gasteiger partial charge in [-0.25, -0.2) is 9.18 Å². The van der Waals surface area contributed by atoms with E-state index in [9.17, 15) is 14.0 Å². The zero-order chi connectivity index (χ0) is 16.1. The van der Waals surface area contributed by atoms with E-state index in [2.05, 4.69) is 5.32 Å². The molecule has 0 saturated heterocycles. The summed E-state index contributed by atoms with van der Waals surface area (Å²) in [5.74, 6) is -1.85. The lowest BCUT2D eigenvalue weighted by Crippen LogP contribution is -2.13. The number of amides is 1. The summed E-state index contributed by atoms with van der Waals surface area (Å²) < 4.78 is 18.9. The van der Waals surface area contributed by atoms with Crippen molar-refractivity contribution in [2.75, 3.05) is 11.9 Å². The number of halogens is 1. The average Bonchev–Trinajstić information content (AvgIpc) is 2.50. The van der Waals surface area contributed by atoms with Crippen LogP contribution in [0.15, 0.2) is 42.5 Å². The van der Waals surface area contributed by atoms with Gasteiger partial charge in [0.2, 0.25) is 0 Å². The number of hydrogen-bond donors (Lipinski definition) is 2. The van der Waals surface area contributed by atoms with E-state index in [0.29, 0.717) is 5.69 Å². The standard InChI is InChI=1S/C16H15FN2O3/c1-2-22-16(21)10-7-8-14(12(17)9-10)19-13-6-4-3-5-11(13)15(18)20/h3-9,19H,2H2,1H3,(H2,18,20). The second kappa shape index (κ2) is 6.71. The second-order valence-corrected chi connectivity index (χ2v) is 4.45. The minimum Gasteiger partial charge on any atom is -0.462 e. The lowest BCUT2D eigenvalue weighted by molar-refractivity contribution is 0.0525. The third kappa shape index (κ3) is 3.41. The molecule has 2 aromatic rings. The Balaban J connectivity index is 2.28. The number of carbonyl (C=O) groups excluding carboxylic acids is 2. The molecule has 0 saturated carbocycles. The molecule has 2 aromatic carbocycles. The molecule has 1 amide bonds. The van der Waals surface area contributed by atoms with Crippen LogP contribution in [0.1, 0.15) is 27.6 Å². The van der Waals surface area contributed by atoms with Crippen LogP contribution in [0.2, 0.25) is 0 Å². The monoisotopic (exact) mass is 302 g/mol. The van der Waals surface area contributed by atoms with E-state index in [1.807, 2.05) is 0 Å². The minimum atomic E-state index is -0.634. The molecule has 114 valence electrons. The largest absolute Gasteiger partial charge is 0.462 e. The van der Waals surface area contributed by atoms with Gasteiger partial charge in [-0.3, -0.25) is 4.79 Å². The quantitative estimate of drug-likeness (QED) is 0.832. The maximum atomic E-state index is 14.1. The highest BCUT2D eigenvalue weighted by Gasteiger charge is 2.13. The molecule has 22 heavy (non-hydrogen) atoms. The van der Waals surface area contributed by atoms with E-state index >= 15 is 0 Å². The summed E-state index contributed by atoms with van der Waals surface area (Å²) >= 11 is 0. The van der Waals surface area contributed by atoms with Crippen molar-refractivity contribution in [2.45, 2.75) is 6.92 Å². The van der Waals surface area contributed by atoms with Gasteiger partial charge >= 0.3 is 5.97 Å². The second-order valence-electron chi connectivity index (χ2n) is 4.45. The van der Waals surface area contributed by atoms with Crippen LogP contribution >= 0.6 is 0 Å². The SMILES string of the molecule is CCOC(=O)c1ccc(Nc2ccccc2C(N)=O)c(F)c1. The van der Waals surface area contributed by atoms with Gasteiger partial charge in [0, 0.05) is 0 Å². The summed E-state index contributed by atoms with van der Waals surface area (Å²) in [4.78, 5) is 22.9. The Bertz CT molecular complexity index is 716. The number of esters is 1. The van der Waals surface area contributed by atoms with E-state index in [4.69, 9.17) is 10.5 Å². The number of hydrogen-bond acceptors (Lipinski definition) is 4. The van der Waals surface area contributed by atoms with Crippen molar-refractivity contribution in [1.29, 1.82) is 0 Å². The van der Waals surface area contributed by atoms with Crippen molar-refractivity contribution in [3.8, 4) is 0 Å². The van der Waals surface area contributed by atoms with Crippen LogP contribution in [0.25, 0.3) is 0 Å². The zero-order valence-corrected chi connectivity index (χ0v) is 11.9. The third-order valence-corrected chi connectivity index (χ3v) is 2.94. The van der Waals surface area contributed by atoms with E-state index in [1.165, 1.54) is 18.2 Å². The van der Waals surface area contributed by atoms with Crippen LogP contribution in [0.3, 0.4) is 0 Å². The van der Waals surface area contributed by atoms with Crippen molar-refractivity contribution in [2.24, 2.45) is 5.73 Å². The summed E-state index contributed by atoms with van der Waals surface area (Å²) in [6.45, 7) is 1.89. The van der Waals surface area contributed by atoms with E-state index in [-0.39, 0.29) is 23.4 Å². The van der Waals surface area contributed by atoms with Crippen LogP contribution in [0.5, 0.6) is 0 Å². The van der Waals surface area contributed by atoms with Crippen LogP contribution < -0.4 is 11.1 Å². The normalized spacial score (nSPS) is 10.1. The van der Waals surface area contributed by atoms with Gasteiger partial charge in [0.25, 0.3) is 5.91 Å². The fourth-order valence-corrected chi connectivity index (χ4v) is 1.91. The van der Waals surface area contributed by atoms with E-state index in [1.54, 1.807) is 25.1 Å². The topological polar surface area (TPSA) is 81.4 Å². The zero-order valence-electron chi connectivity index (χ0n) is 11.9. The van der Waals surface area contributed by atoms with Crippen LogP contribution in [0.4, 0.5) is 15.8 Å². The molecule has 0 heterocycles. The molecule has 0 aliphatic carbocycles. The fraction of sp³-hybridized carbons (Fsp3) is 0.125. The molecule has 2 rings (SSSR count). The number of rotatable bonds is 5. The van der Waals surface area contributed by atoms with Gasteiger partial charge in [-0.05, 0) is 37.3 Å². The Morgan fingerprint density at radius 2 is 1.91 bits per heavy atom. The number of nitrogens with two attached hydrogens (primary N) is 1. The smallest absolute Gasteiger partial charge is 0.338 e. The molecule has 0 fully saturated rings. The van der Waals surface area contributed by atoms with Gasteiger partial charge in [0.05, 0.1) is 29.1 Å². The summed E-state index contributed by atoms with van der Waals surface area (Å²) in [5.41, 5.74) is 6.15. The van der Waals surface area contributed by atoms with Crippen LogP contribution in [-0.4, -0.2) is 18.5 Å². The highest BCUT2D eigenvalue weighted by Crippen LogP contribution is 2.24. The summed E-state index contributed by atoms with van der Waals surface area (Å²) in [6, 6.07) is 10.4. The summed E-state index contributed by atoms with van der Waals surface area (Å²) in [5, 5.41) is 2.79. The minimum absolute atomic E-state index is 0.119. The summed E-state index contributed by atoms with van der Waals surface area (Å²) in [6.07, 6.45) is 0. The first-order chi connectivity index (χ1) is 10.5. The number of benzene rings is 2.